The lowest BCUT2D eigenvalue weighted by molar-refractivity contribution is 0.601. The van der Waals surface area contributed by atoms with Gasteiger partial charge in [0.25, 0.3) is 0 Å². The van der Waals surface area contributed by atoms with Crippen LogP contribution >= 0.6 is 0 Å². The third kappa shape index (κ3) is 2.49. The minimum Gasteiger partial charge on any atom is -0.267 e. The van der Waals surface area contributed by atoms with Gasteiger partial charge in [0.15, 0.2) is 9.84 Å². The molecule has 2 aromatic rings. The van der Waals surface area contributed by atoms with Crippen LogP contribution in [0.1, 0.15) is 5.56 Å². The van der Waals surface area contributed by atoms with E-state index in [1.807, 2.05) is 30.3 Å². The molecule has 0 atom stereocenters. The quantitative estimate of drug-likeness (QED) is 0.808. The van der Waals surface area contributed by atoms with Gasteiger partial charge in [-0.3, -0.25) is 4.68 Å². The molecule has 0 radical (unpaired) electrons. The van der Waals surface area contributed by atoms with Crippen molar-refractivity contribution >= 4 is 9.84 Å². The largest absolute Gasteiger partial charge is 0.267 e. The molecule has 0 aliphatic heterocycles. The zero-order valence-electron chi connectivity index (χ0n) is 8.87. The molecule has 1 aromatic carbocycles. The minimum atomic E-state index is -3.16. The number of rotatable bonds is 3. The monoisotopic (exact) mass is 236 g/mol. The maximum atomic E-state index is 11.2. The average Bonchev–Trinajstić information content (AvgIpc) is 2.67. The highest BCUT2D eigenvalue weighted by Gasteiger charge is 2.09. The van der Waals surface area contributed by atoms with Crippen LogP contribution in [0.3, 0.4) is 0 Å². The third-order valence-corrected chi connectivity index (χ3v) is 3.29. The topological polar surface area (TPSA) is 52.0 Å². The predicted octanol–water partition coefficient (Wildman–Crippen LogP) is 1.33. The van der Waals surface area contributed by atoms with Gasteiger partial charge < -0.3 is 0 Å². The van der Waals surface area contributed by atoms with Crippen LogP contribution in [0.25, 0.3) is 0 Å². The Labute approximate surface area is 94.5 Å². The normalized spacial score (nSPS) is 11.6. The van der Waals surface area contributed by atoms with Gasteiger partial charge in [-0.05, 0) is 5.56 Å². The Balaban J connectivity index is 2.22. The predicted molar refractivity (Wildman–Crippen MR) is 60.9 cm³/mol. The Bertz CT molecular complexity index is 573. The second-order valence-electron chi connectivity index (χ2n) is 3.63. The van der Waals surface area contributed by atoms with Gasteiger partial charge in [0.2, 0.25) is 0 Å². The van der Waals surface area contributed by atoms with Gasteiger partial charge >= 0.3 is 0 Å². The van der Waals surface area contributed by atoms with E-state index in [1.165, 1.54) is 12.5 Å². The van der Waals surface area contributed by atoms with E-state index in [2.05, 4.69) is 5.10 Å². The molecule has 0 spiro atoms. The van der Waals surface area contributed by atoms with Crippen LogP contribution in [0.15, 0.2) is 47.6 Å². The Morgan fingerprint density at radius 3 is 2.50 bits per heavy atom. The Morgan fingerprint density at radius 1 is 1.25 bits per heavy atom. The smallest absolute Gasteiger partial charge is 0.178 e. The number of aromatic nitrogens is 2. The fourth-order valence-corrected chi connectivity index (χ4v) is 1.94. The third-order valence-electron chi connectivity index (χ3n) is 2.23. The van der Waals surface area contributed by atoms with Crippen molar-refractivity contribution in [1.82, 2.24) is 9.78 Å². The molecule has 0 bridgehead atoms. The lowest BCUT2D eigenvalue weighted by atomic mass is 10.2. The maximum Gasteiger partial charge on any atom is 0.178 e. The molecule has 0 unspecified atom stereocenters. The Hall–Kier alpha value is -1.62. The molecule has 0 amide bonds. The van der Waals surface area contributed by atoms with Crippen LogP contribution in [0.4, 0.5) is 0 Å². The second-order valence-corrected chi connectivity index (χ2v) is 5.65. The van der Waals surface area contributed by atoms with Gasteiger partial charge in [-0.25, -0.2) is 8.42 Å². The average molecular weight is 236 g/mol. The summed E-state index contributed by atoms with van der Waals surface area (Å²) in [4.78, 5) is 0.253. The maximum absolute atomic E-state index is 11.2. The summed E-state index contributed by atoms with van der Waals surface area (Å²) in [5, 5.41) is 4.02. The minimum absolute atomic E-state index is 0.253. The van der Waals surface area contributed by atoms with Gasteiger partial charge in [0.05, 0.1) is 12.7 Å². The molecule has 4 nitrogen and oxygen atoms in total. The molecule has 16 heavy (non-hydrogen) atoms. The highest BCUT2D eigenvalue weighted by atomic mass is 32.2. The molecular weight excluding hydrogens is 224 g/mol. The molecule has 0 N–H and O–H groups in total. The van der Waals surface area contributed by atoms with Crippen molar-refractivity contribution < 1.29 is 8.42 Å². The van der Waals surface area contributed by atoms with Crippen LogP contribution < -0.4 is 0 Å². The summed E-state index contributed by atoms with van der Waals surface area (Å²) in [6, 6.07) is 9.77. The number of hydrogen-bond acceptors (Lipinski definition) is 3. The first-order valence-corrected chi connectivity index (χ1v) is 6.71. The standard InChI is InChI=1S/C11H12N2O2S/c1-16(14,15)11-7-12-13(9-11)8-10-5-3-2-4-6-10/h2-7,9H,8H2,1H3. The van der Waals surface area contributed by atoms with E-state index in [0.717, 1.165) is 5.56 Å². The summed E-state index contributed by atoms with van der Waals surface area (Å²) >= 11 is 0. The van der Waals surface area contributed by atoms with Crippen molar-refractivity contribution in [2.45, 2.75) is 11.4 Å². The van der Waals surface area contributed by atoms with Crippen molar-refractivity contribution in [3.63, 3.8) is 0 Å². The second kappa shape index (κ2) is 4.09. The van der Waals surface area contributed by atoms with Crippen molar-refractivity contribution in [3.8, 4) is 0 Å². The molecule has 84 valence electrons. The SMILES string of the molecule is CS(=O)(=O)c1cnn(Cc2ccccc2)c1. The highest BCUT2D eigenvalue weighted by molar-refractivity contribution is 7.90. The van der Waals surface area contributed by atoms with Gasteiger partial charge in [0, 0.05) is 12.5 Å². The summed E-state index contributed by atoms with van der Waals surface area (Å²) < 4.78 is 24.1. The molecule has 0 aliphatic carbocycles. The summed E-state index contributed by atoms with van der Waals surface area (Å²) in [6.07, 6.45) is 4.09. The number of hydrogen-bond donors (Lipinski definition) is 0. The van der Waals surface area contributed by atoms with Crippen molar-refractivity contribution in [2.24, 2.45) is 0 Å². The van der Waals surface area contributed by atoms with Crippen LogP contribution in [-0.2, 0) is 16.4 Å². The Morgan fingerprint density at radius 2 is 1.94 bits per heavy atom. The van der Waals surface area contributed by atoms with E-state index in [9.17, 15) is 8.42 Å². The molecule has 0 aliphatic rings. The van der Waals surface area contributed by atoms with Gasteiger partial charge in [0.1, 0.15) is 4.90 Å². The molecule has 1 aromatic heterocycles. The van der Waals surface area contributed by atoms with E-state index >= 15 is 0 Å². The molecule has 0 saturated heterocycles. The zero-order chi connectivity index (χ0) is 11.6. The Kier molecular flexibility index (Phi) is 2.78. The molecule has 5 heteroatoms. The van der Waals surface area contributed by atoms with Gasteiger partial charge in [-0.1, -0.05) is 30.3 Å². The summed E-state index contributed by atoms with van der Waals surface area (Å²) in [5.41, 5.74) is 1.09. The van der Waals surface area contributed by atoms with E-state index < -0.39 is 9.84 Å². The number of sulfone groups is 1. The van der Waals surface area contributed by atoms with Gasteiger partial charge in [-0.15, -0.1) is 0 Å². The summed E-state index contributed by atoms with van der Waals surface area (Å²) in [7, 11) is -3.16. The van der Waals surface area contributed by atoms with E-state index in [4.69, 9.17) is 0 Å². The first kappa shape index (κ1) is 10.9. The number of nitrogens with zero attached hydrogens (tertiary/aromatic N) is 2. The lowest BCUT2D eigenvalue weighted by Crippen LogP contribution is -2.00. The summed E-state index contributed by atoms with van der Waals surface area (Å²) in [6.45, 7) is 0.580. The molecule has 0 saturated carbocycles. The number of benzene rings is 1. The van der Waals surface area contributed by atoms with E-state index in [-0.39, 0.29) is 4.90 Å². The molecule has 0 fully saturated rings. The van der Waals surface area contributed by atoms with Crippen molar-refractivity contribution in [2.75, 3.05) is 6.26 Å². The molecule has 2 rings (SSSR count). The fraction of sp³-hybridized carbons (Fsp3) is 0.182. The molecular formula is C11H12N2O2S. The van der Waals surface area contributed by atoms with Crippen LogP contribution in [0, 0.1) is 0 Å². The van der Waals surface area contributed by atoms with Crippen molar-refractivity contribution in [1.29, 1.82) is 0 Å². The molecule has 1 heterocycles. The van der Waals surface area contributed by atoms with E-state index in [0.29, 0.717) is 6.54 Å². The van der Waals surface area contributed by atoms with E-state index in [1.54, 1.807) is 10.9 Å². The first-order valence-electron chi connectivity index (χ1n) is 4.82. The summed E-state index contributed by atoms with van der Waals surface area (Å²) in [5.74, 6) is 0. The lowest BCUT2D eigenvalue weighted by Gasteiger charge is -2.00. The van der Waals surface area contributed by atoms with Crippen LogP contribution in [-0.4, -0.2) is 24.5 Å². The van der Waals surface area contributed by atoms with Gasteiger partial charge in [-0.2, -0.15) is 5.10 Å². The van der Waals surface area contributed by atoms with Crippen LogP contribution in [0.5, 0.6) is 0 Å². The fourth-order valence-electron chi connectivity index (χ4n) is 1.39. The van der Waals surface area contributed by atoms with Crippen LogP contribution in [0.2, 0.25) is 0 Å². The first-order chi connectivity index (χ1) is 7.55. The highest BCUT2D eigenvalue weighted by Crippen LogP contribution is 2.08. The van der Waals surface area contributed by atoms with Crippen molar-refractivity contribution in [3.05, 3.63) is 48.3 Å². The zero-order valence-corrected chi connectivity index (χ0v) is 9.68.